The van der Waals surface area contributed by atoms with E-state index in [1.54, 1.807) is 0 Å². The van der Waals surface area contributed by atoms with Crippen LogP contribution in [0, 0.1) is 11.7 Å². The summed E-state index contributed by atoms with van der Waals surface area (Å²) in [5.74, 6) is -1.31. The van der Waals surface area contributed by atoms with Crippen LogP contribution < -0.4 is 5.73 Å². The van der Waals surface area contributed by atoms with Crippen LogP contribution >= 0.6 is 11.6 Å². The number of rotatable bonds is 2. The number of carbonyl (C=O) groups excluding carboxylic acids is 1. The lowest BCUT2D eigenvalue weighted by molar-refractivity contribution is -0.127. The molecular formula is C10H11ClFN3O2. The molecule has 0 aromatic carbocycles. The molecule has 0 spiro atoms. The Morgan fingerprint density at radius 3 is 3.12 bits per heavy atom. The molecule has 2 N–H and O–H groups in total. The number of amides is 1. The van der Waals surface area contributed by atoms with Crippen LogP contribution in [0.15, 0.2) is 6.20 Å². The molecule has 2 atom stereocenters. The van der Waals surface area contributed by atoms with Gasteiger partial charge in [0.2, 0.25) is 11.2 Å². The van der Waals surface area contributed by atoms with E-state index >= 15 is 0 Å². The Bertz CT molecular complexity index is 444. The van der Waals surface area contributed by atoms with Crippen molar-refractivity contribution in [2.24, 2.45) is 11.7 Å². The quantitative estimate of drug-likeness (QED) is 0.810. The number of carbonyl (C=O) groups is 1. The van der Waals surface area contributed by atoms with Crippen LogP contribution in [-0.2, 0) is 9.53 Å². The zero-order chi connectivity index (χ0) is 12.4. The minimum atomic E-state index is -0.596. The second-order valence-electron chi connectivity index (χ2n) is 3.86. The molecule has 1 aromatic rings. The van der Waals surface area contributed by atoms with Crippen molar-refractivity contribution >= 4 is 17.5 Å². The number of aromatic nitrogens is 2. The molecule has 1 amide bonds. The highest BCUT2D eigenvalue weighted by Gasteiger charge is 2.30. The molecule has 1 saturated heterocycles. The summed E-state index contributed by atoms with van der Waals surface area (Å²) in [5, 5.41) is -0.0498. The van der Waals surface area contributed by atoms with Crippen molar-refractivity contribution < 1.29 is 13.9 Å². The number of nitrogens with zero attached hydrogens (tertiary/aromatic N) is 2. The van der Waals surface area contributed by atoms with Gasteiger partial charge in [0.15, 0.2) is 5.82 Å². The van der Waals surface area contributed by atoms with Gasteiger partial charge in [0.05, 0.1) is 6.20 Å². The molecule has 7 heteroatoms. The number of halogens is 2. The number of primary amides is 1. The van der Waals surface area contributed by atoms with Crippen molar-refractivity contribution in [3.8, 4) is 0 Å². The summed E-state index contributed by atoms with van der Waals surface area (Å²) in [4.78, 5) is 18.4. The van der Waals surface area contributed by atoms with Crippen molar-refractivity contribution in [3.63, 3.8) is 0 Å². The third-order valence-electron chi connectivity index (χ3n) is 2.73. The summed E-state index contributed by atoms with van der Waals surface area (Å²) in [6.07, 6.45) is 1.26. The first-order valence-corrected chi connectivity index (χ1v) is 5.54. The Labute approximate surface area is 102 Å². The topological polar surface area (TPSA) is 78.1 Å². The van der Waals surface area contributed by atoms with Gasteiger partial charge in [0.1, 0.15) is 11.8 Å². The molecule has 1 aliphatic heterocycles. The molecule has 17 heavy (non-hydrogen) atoms. The van der Waals surface area contributed by atoms with Gasteiger partial charge in [-0.1, -0.05) is 0 Å². The predicted octanol–water partition coefficient (Wildman–Crippen LogP) is 1.22. The SMILES string of the molecule is NC(=O)C1CCOC(c2nc(Cl)ncc2F)C1. The largest absolute Gasteiger partial charge is 0.372 e. The van der Waals surface area contributed by atoms with E-state index in [0.717, 1.165) is 6.20 Å². The van der Waals surface area contributed by atoms with Crippen LogP contribution in [0.4, 0.5) is 4.39 Å². The maximum atomic E-state index is 13.5. The second-order valence-corrected chi connectivity index (χ2v) is 4.19. The van der Waals surface area contributed by atoms with Crippen LogP contribution in [0.3, 0.4) is 0 Å². The first-order valence-electron chi connectivity index (χ1n) is 5.16. The molecule has 0 aliphatic carbocycles. The molecule has 0 radical (unpaired) electrons. The lowest BCUT2D eigenvalue weighted by Gasteiger charge is -2.27. The van der Waals surface area contributed by atoms with E-state index in [-0.39, 0.29) is 16.9 Å². The van der Waals surface area contributed by atoms with Gasteiger partial charge >= 0.3 is 0 Å². The Kier molecular flexibility index (Phi) is 3.54. The Hall–Kier alpha value is -1.27. The fourth-order valence-electron chi connectivity index (χ4n) is 1.83. The molecule has 5 nitrogen and oxygen atoms in total. The maximum absolute atomic E-state index is 13.5. The summed E-state index contributed by atoms with van der Waals surface area (Å²) in [6.45, 7) is 0.347. The minimum Gasteiger partial charge on any atom is -0.372 e. The van der Waals surface area contributed by atoms with Crippen LogP contribution in [-0.4, -0.2) is 22.5 Å². The smallest absolute Gasteiger partial charge is 0.222 e. The standard InChI is InChI=1S/C10H11ClFN3O2/c11-10-14-4-6(12)8(15-10)7-3-5(9(13)16)1-2-17-7/h4-5,7H,1-3H2,(H2,13,16). The van der Waals surface area contributed by atoms with E-state index < -0.39 is 17.8 Å². The van der Waals surface area contributed by atoms with Crippen molar-refractivity contribution in [2.75, 3.05) is 6.61 Å². The molecule has 2 heterocycles. The molecule has 0 bridgehead atoms. The normalized spacial score (nSPS) is 24.6. The van der Waals surface area contributed by atoms with Gasteiger partial charge in [-0.25, -0.2) is 14.4 Å². The van der Waals surface area contributed by atoms with Crippen LogP contribution in [0.5, 0.6) is 0 Å². The summed E-state index contributed by atoms with van der Waals surface area (Å²) in [7, 11) is 0. The molecule has 1 aliphatic rings. The average Bonchev–Trinajstić information content (AvgIpc) is 2.32. The highest BCUT2D eigenvalue weighted by Crippen LogP contribution is 2.31. The van der Waals surface area contributed by atoms with Crippen molar-refractivity contribution in [1.82, 2.24) is 9.97 Å². The lowest BCUT2D eigenvalue weighted by atomic mass is 9.93. The van der Waals surface area contributed by atoms with Crippen molar-refractivity contribution in [2.45, 2.75) is 18.9 Å². The van der Waals surface area contributed by atoms with Crippen LogP contribution in [0.25, 0.3) is 0 Å². The van der Waals surface area contributed by atoms with Gasteiger partial charge in [0, 0.05) is 12.5 Å². The van der Waals surface area contributed by atoms with Crippen molar-refractivity contribution in [1.29, 1.82) is 0 Å². The number of ether oxygens (including phenoxy) is 1. The fraction of sp³-hybridized carbons (Fsp3) is 0.500. The predicted molar refractivity (Wildman–Crippen MR) is 57.6 cm³/mol. The summed E-state index contributed by atoms with van der Waals surface area (Å²) in [6, 6.07) is 0. The molecule has 92 valence electrons. The molecule has 2 rings (SSSR count). The average molecular weight is 260 g/mol. The third-order valence-corrected chi connectivity index (χ3v) is 2.92. The first-order chi connectivity index (χ1) is 8.08. The van der Waals surface area contributed by atoms with E-state index in [0.29, 0.717) is 19.4 Å². The van der Waals surface area contributed by atoms with Gasteiger partial charge in [-0.15, -0.1) is 0 Å². The van der Waals surface area contributed by atoms with E-state index in [1.165, 1.54) is 0 Å². The number of hydrogen-bond donors (Lipinski definition) is 1. The third kappa shape index (κ3) is 2.70. The van der Waals surface area contributed by atoms with Gasteiger partial charge in [-0.05, 0) is 24.4 Å². The van der Waals surface area contributed by atoms with E-state index in [2.05, 4.69) is 9.97 Å². The van der Waals surface area contributed by atoms with E-state index in [1.807, 2.05) is 0 Å². The monoisotopic (exact) mass is 259 g/mol. The van der Waals surface area contributed by atoms with Gasteiger partial charge in [-0.2, -0.15) is 0 Å². The van der Waals surface area contributed by atoms with Gasteiger partial charge in [-0.3, -0.25) is 4.79 Å². The van der Waals surface area contributed by atoms with Crippen molar-refractivity contribution in [3.05, 3.63) is 23.0 Å². The summed E-state index contributed by atoms with van der Waals surface area (Å²) >= 11 is 5.60. The van der Waals surface area contributed by atoms with E-state index in [9.17, 15) is 9.18 Å². The zero-order valence-corrected chi connectivity index (χ0v) is 9.65. The summed E-state index contributed by atoms with van der Waals surface area (Å²) < 4.78 is 18.9. The Morgan fingerprint density at radius 2 is 2.41 bits per heavy atom. The summed E-state index contributed by atoms with van der Waals surface area (Å²) in [5.41, 5.74) is 5.31. The van der Waals surface area contributed by atoms with E-state index in [4.69, 9.17) is 22.1 Å². The Balaban J connectivity index is 2.21. The number of hydrogen-bond acceptors (Lipinski definition) is 4. The van der Waals surface area contributed by atoms with Crippen LogP contribution in [0.1, 0.15) is 24.6 Å². The number of nitrogens with two attached hydrogens (primary N) is 1. The maximum Gasteiger partial charge on any atom is 0.222 e. The second kappa shape index (κ2) is 4.93. The molecule has 1 aromatic heterocycles. The first kappa shape index (κ1) is 12.2. The Morgan fingerprint density at radius 1 is 1.65 bits per heavy atom. The highest BCUT2D eigenvalue weighted by atomic mass is 35.5. The minimum absolute atomic E-state index is 0.0498. The van der Waals surface area contributed by atoms with Gasteiger partial charge in [0.25, 0.3) is 0 Å². The molecule has 2 unspecified atom stereocenters. The molecule has 0 saturated carbocycles. The fourth-order valence-corrected chi connectivity index (χ4v) is 1.97. The lowest BCUT2D eigenvalue weighted by Crippen LogP contribution is -2.31. The van der Waals surface area contributed by atoms with Crippen LogP contribution in [0.2, 0.25) is 5.28 Å². The van der Waals surface area contributed by atoms with Gasteiger partial charge < -0.3 is 10.5 Å². The zero-order valence-electron chi connectivity index (χ0n) is 8.90. The molecule has 1 fully saturated rings. The highest BCUT2D eigenvalue weighted by molar-refractivity contribution is 6.28. The molecular weight excluding hydrogens is 249 g/mol.